The second kappa shape index (κ2) is 7.42. The van der Waals surface area contributed by atoms with Gasteiger partial charge in [0.1, 0.15) is 5.75 Å². The Labute approximate surface area is 141 Å². The first-order chi connectivity index (χ1) is 11.7. The maximum atomic E-state index is 5.94. The molecule has 0 atom stereocenters. The Morgan fingerprint density at radius 1 is 0.875 bits per heavy atom. The maximum Gasteiger partial charge on any atom is 0.118 e. The maximum absolute atomic E-state index is 5.94. The predicted molar refractivity (Wildman–Crippen MR) is 97.3 cm³/mol. The van der Waals surface area contributed by atoms with E-state index in [9.17, 15) is 0 Å². The van der Waals surface area contributed by atoms with Crippen molar-refractivity contribution >= 4 is 17.1 Å². The normalized spacial score (nSPS) is 10.9. The van der Waals surface area contributed by atoms with Crippen LogP contribution in [0.3, 0.4) is 0 Å². The first-order valence-corrected chi connectivity index (χ1v) is 7.73. The van der Waals surface area contributed by atoms with Gasteiger partial charge in [0.05, 0.1) is 18.5 Å². The molecule has 0 aliphatic rings. The zero-order valence-corrected chi connectivity index (χ0v) is 13.5. The lowest BCUT2D eigenvalue weighted by Crippen LogP contribution is -1.92. The number of benzene rings is 3. The quantitative estimate of drug-likeness (QED) is 0.514. The standard InChI is InChI=1S/C20H19N3O/c1-24-19-10-7-15(8-11-19)13-16-14-17(21)9-12-20(16)23-22-18-5-3-2-4-6-18/h2-12,14H,13,21H2,1H3. The molecule has 4 heteroatoms. The molecule has 0 aromatic heterocycles. The van der Waals surface area contributed by atoms with Crippen molar-refractivity contribution in [2.24, 2.45) is 10.2 Å². The smallest absolute Gasteiger partial charge is 0.118 e. The minimum atomic E-state index is 0.720. The molecule has 0 fully saturated rings. The molecule has 0 spiro atoms. The van der Waals surface area contributed by atoms with E-state index in [1.54, 1.807) is 7.11 Å². The van der Waals surface area contributed by atoms with Gasteiger partial charge in [0, 0.05) is 5.69 Å². The fraction of sp³-hybridized carbons (Fsp3) is 0.100. The molecule has 0 saturated heterocycles. The van der Waals surface area contributed by atoms with E-state index >= 15 is 0 Å². The van der Waals surface area contributed by atoms with Crippen molar-refractivity contribution in [1.29, 1.82) is 0 Å². The highest BCUT2D eigenvalue weighted by Crippen LogP contribution is 2.27. The number of hydrogen-bond donors (Lipinski definition) is 1. The first-order valence-electron chi connectivity index (χ1n) is 7.73. The van der Waals surface area contributed by atoms with Crippen LogP contribution in [0.25, 0.3) is 0 Å². The molecule has 0 amide bonds. The van der Waals surface area contributed by atoms with Crippen molar-refractivity contribution in [3.05, 3.63) is 83.9 Å². The summed E-state index contributed by atoms with van der Waals surface area (Å²) in [6.45, 7) is 0. The summed E-state index contributed by atoms with van der Waals surface area (Å²) in [5, 5.41) is 8.69. The van der Waals surface area contributed by atoms with Gasteiger partial charge in [0.15, 0.2) is 0 Å². The summed E-state index contributed by atoms with van der Waals surface area (Å²) in [7, 11) is 1.66. The van der Waals surface area contributed by atoms with E-state index in [-0.39, 0.29) is 0 Å². The lowest BCUT2D eigenvalue weighted by molar-refractivity contribution is 0.414. The molecule has 0 bridgehead atoms. The molecule has 24 heavy (non-hydrogen) atoms. The molecule has 0 heterocycles. The topological polar surface area (TPSA) is 60.0 Å². The van der Waals surface area contributed by atoms with Crippen LogP contribution in [0, 0.1) is 0 Å². The van der Waals surface area contributed by atoms with Gasteiger partial charge < -0.3 is 10.5 Å². The van der Waals surface area contributed by atoms with Crippen LogP contribution in [-0.4, -0.2) is 7.11 Å². The van der Waals surface area contributed by atoms with Gasteiger partial charge in [0.25, 0.3) is 0 Å². The molecule has 0 saturated carbocycles. The number of nitrogen functional groups attached to an aromatic ring is 1. The van der Waals surface area contributed by atoms with E-state index < -0.39 is 0 Å². The summed E-state index contributed by atoms with van der Waals surface area (Å²) in [4.78, 5) is 0. The van der Waals surface area contributed by atoms with Crippen LogP contribution in [0.1, 0.15) is 11.1 Å². The van der Waals surface area contributed by atoms with Crippen molar-refractivity contribution in [3.63, 3.8) is 0 Å². The molecule has 120 valence electrons. The average molecular weight is 317 g/mol. The Balaban J connectivity index is 1.86. The third kappa shape index (κ3) is 3.98. The summed E-state index contributed by atoms with van der Waals surface area (Å²) < 4.78 is 5.20. The van der Waals surface area contributed by atoms with Crippen molar-refractivity contribution in [1.82, 2.24) is 0 Å². The van der Waals surface area contributed by atoms with Gasteiger partial charge in [-0.3, -0.25) is 0 Å². The molecule has 3 aromatic carbocycles. The Kier molecular flexibility index (Phi) is 4.87. The Hall–Kier alpha value is -3.14. The van der Waals surface area contributed by atoms with Crippen LogP contribution in [0.4, 0.5) is 17.1 Å². The molecule has 0 unspecified atom stereocenters. The zero-order chi connectivity index (χ0) is 16.8. The molecular weight excluding hydrogens is 298 g/mol. The summed E-state index contributed by atoms with van der Waals surface area (Å²) in [5.41, 5.74) is 10.5. The second-order valence-corrected chi connectivity index (χ2v) is 5.45. The lowest BCUT2D eigenvalue weighted by Gasteiger charge is -2.07. The third-order valence-electron chi connectivity index (χ3n) is 3.69. The Morgan fingerprint density at radius 2 is 1.62 bits per heavy atom. The molecule has 3 aromatic rings. The summed E-state index contributed by atoms with van der Waals surface area (Å²) >= 11 is 0. The molecule has 0 aliphatic heterocycles. The second-order valence-electron chi connectivity index (χ2n) is 5.45. The minimum Gasteiger partial charge on any atom is -0.497 e. The SMILES string of the molecule is COc1ccc(Cc2cc(N)ccc2N=Nc2ccccc2)cc1. The predicted octanol–water partition coefficient (Wildman–Crippen LogP) is 5.28. The van der Waals surface area contributed by atoms with Gasteiger partial charge in [-0.2, -0.15) is 10.2 Å². The lowest BCUT2D eigenvalue weighted by atomic mass is 10.0. The number of ether oxygens (including phenoxy) is 1. The van der Waals surface area contributed by atoms with Crippen LogP contribution in [0.5, 0.6) is 5.75 Å². The Bertz CT molecular complexity index is 827. The number of nitrogens with two attached hydrogens (primary N) is 1. The van der Waals surface area contributed by atoms with Gasteiger partial charge in [-0.15, -0.1) is 0 Å². The van der Waals surface area contributed by atoms with E-state index in [0.29, 0.717) is 0 Å². The highest BCUT2D eigenvalue weighted by atomic mass is 16.5. The van der Waals surface area contributed by atoms with Gasteiger partial charge in [-0.25, -0.2) is 0 Å². The number of hydrogen-bond acceptors (Lipinski definition) is 4. The van der Waals surface area contributed by atoms with Crippen LogP contribution in [0.15, 0.2) is 83.0 Å². The minimum absolute atomic E-state index is 0.720. The van der Waals surface area contributed by atoms with E-state index in [2.05, 4.69) is 10.2 Å². The fourth-order valence-corrected chi connectivity index (χ4v) is 2.41. The molecule has 2 N–H and O–H groups in total. The van der Waals surface area contributed by atoms with E-state index in [4.69, 9.17) is 10.5 Å². The van der Waals surface area contributed by atoms with Crippen molar-refractivity contribution in [2.45, 2.75) is 6.42 Å². The van der Waals surface area contributed by atoms with Crippen molar-refractivity contribution < 1.29 is 4.74 Å². The summed E-state index contributed by atoms with van der Waals surface area (Å²) in [5.74, 6) is 0.843. The van der Waals surface area contributed by atoms with E-state index in [1.807, 2.05) is 72.8 Å². The number of rotatable bonds is 5. The van der Waals surface area contributed by atoms with Crippen LogP contribution < -0.4 is 10.5 Å². The highest BCUT2D eigenvalue weighted by molar-refractivity contribution is 5.56. The van der Waals surface area contributed by atoms with Gasteiger partial charge >= 0.3 is 0 Å². The average Bonchev–Trinajstić information content (AvgIpc) is 2.62. The number of nitrogens with zero attached hydrogens (tertiary/aromatic N) is 2. The highest BCUT2D eigenvalue weighted by Gasteiger charge is 2.05. The molecule has 4 nitrogen and oxygen atoms in total. The third-order valence-corrected chi connectivity index (χ3v) is 3.69. The molecule has 3 rings (SSSR count). The van der Waals surface area contributed by atoms with Crippen LogP contribution >= 0.6 is 0 Å². The van der Waals surface area contributed by atoms with E-state index in [0.717, 1.165) is 40.4 Å². The summed E-state index contributed by atoms with van der Waals surface area (Å²) in [6.07, 6.45) is 0.734. The van der Waals surface area contributed by atoms with Crippen molar-refractivity contribution in [3.8, 4) is 5.75 Å². The zero-order valence-electron chi connectivity index (χ0n) is 13.5. The van der Waals surface area contributed by atoms with E-state index in [1.165, 1.54) is 0 Å². The van der Waals surface area contributed by atoms with Gasteiger partial charge in [0.2, 0.25) is 0 Å². The summed E-state index contributed by atoms with van der Waals surface area (Å²) in [6, 6.07) is 23.4. The fourth-order valence-electron chi connectivity index (χ4n) is 2.41. The Morgan fingerprint density at radius 3 is 2.33 bits per heavy atom. The first kappa shape index (κ1) is 15.7. The number of anilines is 1. The van der Waals surface area contributed by atoms with Crippen LogP contribution in [-0.2, 0) is 6.42 Å². The molecule has 0 radical (unpaired) electrons. The van der Waals surface area contributed by atoms with Crippen molar-refractivity contribution in [2.75, 3.05) is 12.8 Å². The molecule has 0 aliphatic carbocycles. The van der Waals surface area contributed by atoms with Gasteiger partial charge in [-0.05, 0) is 60.0 Å². The monoisotopic (exact) mass is 317 g/mol. The largest absolute Gasteiger partial charge is 0.497 e. The molecular formula is C20H19N3O. The number of methoxy groups -OCH3 is 1. The number of azo groups is 1. The van der Waals surface area contributed by atoms with Crippen LogP contribution in [0.2, 0.25) is 0 Å². The van der Waals surface area contributed by atoms with Gasteiger partial charge in [-0.1, -0.05) is 30.3 Å².